The van der Waals surface area contributed by atoms with Gasteiger partial charge in [-0.15, -0.1) is 0 Å². The fourth-order valence-electron chi connectivity index (χ4n) is 4.58. The van der Waals surface area contributed by atoms with Crippen LogP contribution in [0.1, 0.15) is 31.7 Å². The first-order valence-corrected chi connectivity index (χ1v) is 11.5. The highest BCUT2D eigenvalue weighted by atomic mass is 16.5. The Hall–Kier alpha value is -2.70. The Balaban J connectivity index is 1.33. The van der Waals surface area contributed by atoms with Crippen LogP contribution in [0, 0.1) is 0 Å². The molecule has 4 rings (SSSR count). The van der Waals surface area contributed by atoms with Gasteiger partial charge in [0.1, 0.15) is 38.5 Å². The zero-order valence-electron chi connectivity index (χ0n) is 18.3. The van der Waals surface area contributed by atoms with Gasteiger partial charge in [0.15, 0.2) is 6.04 Å². The lowest BCUT2D eigenvalue weighted by atomic mass is 10.1. The number of benzene rings is 2. The molecule has 2 heterocycles. The van der Waals surface area contributed by atoms with Crippen molar-refractivity contribution in [3.63, 3.8) is 0 Å². The van der Waals surface area contributed by atoms with Crippen LogP contribution < -0.4 is 19.4 Å². The lowest BCUT2D eigenvalue weighted by Crippen LogP contribution is -3.29. The number of nitrogens with zero attached hydrogens (tertiary/aromatic N) is 1. The molecule has 0 spiro atoms. The Morgan fingerprint density at radius 2 is 1.68 bits per heavy atom. The van der Waals surface area contributed by atoms with Gasteiger partial charge in [-0.05, 0) is 30.7 Å². The van der Waals surface area contributed by atoms with Crippen LogP contribution in [-0.4, -0.2) is 50.6 Å². The molecule has 2 fully saturated rings. The second-order valence-electron chi connectivity index (χ2n) is 8.59. The van der Waals surface area contributed by atoms with Crippen LogP contribution in [0.3, 0.4) is 0 Å². The zero-order chi connectivity index (χ0) is 21.6. The molecule has 2 aliphatic heterocycles. The average Bonchev–Trinajstić information content (AvgIpc) is 3.10. The van der Waals surface area contributed by atoms with Gasteiger partial charge in [0.25, 0.3) is 5.91 Å². The van der Waals surface area contributed by atoms with E-state index in [1.165, 1.54) is 15.4 Å². The summed E-state index contributed by atoms with van der Waals surface area (Å²) in [6.45, 7) is 7.71. The number of imide groups is 1. The Morgan fingerprint density at radius 1 is 0.968 bits per heavy atom. The molecule has 2 saturated heterocycles. The van der Waals surface area contributed by atoms with Crippen molar-refractivity contribution in [2.45, 2.75) is 38.8 Å². The average molecular weight is 424 g/mol. The Labute approximate surface area is 184 Å². The summed E-state index contributed by atoms with van der Waals surface area (Å²) in [7, 11) is 0. The summed E-state index contributed by atoms with van der Waals surface area (Å²) in [6, 6.07) is 17.6. The standard InChI is InChI=1S/C25H31N3O3/c1-2-3-17-31-22-11-9-21(10-12-22)28-24(29)18-23(25(28)30)27-15-13-26(14-16-27)19-20-7-5-4-6-8-20/h4-12,23H,2-3,13-19H2,1H3/p+2/t23-/m1/s1. The van der Waals surface area contributed by atoms with E-state index in [1.807, 2.05) is 30.3 Å². The number of rotatable bonds is 8. The van der Waals surface area contributed by atoms with Crippen molar-refractivity contribution < 1.29 is 24.1 Å². The summed E-state index contributed by atoms with van der Waals surface area (Å²) in [5.74, 6) is 0.614. The Morgan fingerprint density at radius 3 is 2.35 bits per heavy atom. The third-order valence-electron chi connectivity index (χ3n) is 6.40. The van der Waals surface area contributed by atoms with Crippen LogP contribution in [0.5, 0.6) is 5.75 Å². The molecule has 2 aromatic rings. The third kappa shape index (κ3) is 5.14. The van der Waals surface area contributed by atoms with Crippen molar-refractivity contribution in [3.8, 4) is 5.75 Å². The Bertz CT molecular complexity index is 877. The second kappa shape index (κ2) is 10.1. The highest BCUT2D eigenvalue weighted by molar-refractivity contribution is 6.21. The quantitative estimate of drug-likeness (QED) is 0.480. The summed E-state index contributed by atoms with van der Waals surface area (Å²) in [6.07, 6.45) is 2.40. The highest BCUT2D eigenvalue weighted by Crippen LogP contribution is 2.24. The molecule has 0 saturated carbocycles. The zero-order valence-corrected chi connectivity index (χ0v) is 18.3. The van der Waals surface area contributed by atoms with Gasteiger partial charge in [0, 0.05) is 5.56 Å². The number of hydrogen-bond acceptors (Lipinski definition) is 3. The fourth-order valence-corrected chi connectivity index (χ4v) is 4.58. The first-order chi connectivity index (χ1) is 15.2. The van der Waals surface area contributed by atoms with Gasteiger partial charge in [-0.2, -0.15) is 0 Å². The Kier molecular flexibility index (Phi) is 6.99. The molecule has 0 radical (unpaired) electrons. The number of hydrogen-bond donors (Lipinski definition) is 2. The van der Waals surface area contributed by atoms with Gasteiger partial charge in [-0.1, -0.05) is 43.7 Å². The monoisotopic (exact) mass is 423 g/mol. The predicted octanol–water partition coefficient (Wildman–Crippen LogP) is 0.481. The van der Waals surface area contributed by atoms with Crippen molar-refractivity contribution in [3.05, 3.63) is 60.2 Å². The largest absolute Gasteiger partial charge is 0.494 e. The number of ether oxygens (including phenoxy) is 1. The van der Waals surface area contributed by atoms with Crippen molar-refractivity contribution in [1.82, 2.24) is 0 Å². The molecule has 164 valence electrons. The van der Waals surface area contributed by atoms with E-state index in [2.05, 4.69) is 31.2 Å². The van der Waals surface area contributed by atoms with E-state index in [4.69, 9.17) is 4.74 Å². The van der Waals surface area contributed by atoms with E-state index in [9.17, 15) is 9.59 Å². The van der Waals surface area contributed by atoms with Crippen LogP contribution in [0.4, 0.5) is 5.69 Å². The molecular weight excluding hydrogens is 390 g/mol. The molecule has 1 atom stereocenters. The minimum atomic E-state index is -0.258. The lowest BCUT2D eigenvalue weighted by Gasteiger charge is -2.32. The van der Waals surface area contributed by atoms with Crippen LogP contribution in [0.15, 0.2) is 54.6 Å². The van der Waals surface area contributed by atoms with E-state index >= 15 is 0 Å². The van der Waals surface area contributed by atoms with Crippen molar-refractivity contribution >= 4 is 17.5 Å². The van der Waals surface area contributed by atoms with Crippen molar-refractivity contribution in [2.24, 2.45) is 0 Å². The first-order valence-electron chi connectivity index (χ1n) is 11.5. The summed E-state index contributed by atoms with van der Waals surface area (Å²) < 4.78 is 5.69. The summed E-state index contributed by atoms with van der Waals surface area (Å²) >= 11 is 0. The van der Waals surface area contributed by atoms with Crippen LogP contribution in [0.2, 0.25) is 0 Å². The van der Waals surface area contributed by atoms with E-state index in [0.717, 1.165) is 51.3 Å². The van der Waals surface area contributed by atoms with Gasteiger partial charge >= 0.3 is 0 Å². The van der Waals surface area contributed by atoms with Gasteiger partial charge in [-0.3, -0.25) is 9.59 Å². The number of anilines is 1. The SMILES string of the molecule is CCCCOc1ccc(N2C(=O)C[C@@H]([NH+]3CC[NH+](Cc4ccccc4)CC3)C2=O)cc1. The van der Waals surface area contributed by atoms with E-state index < -0.39 is 0 Å². The maximum Gasteiger partial charge on any atom is 0.292 e. The summed E-state index contributed by atoms with van der Waals surface area (Å²) in [4.78, 5) is 30.0. The molecule has 0 bridgehead atoms. The lowest BCUT2D eigenvalue weighted by molar-refractivity contribution is -1.02. The molecule has 2 aromatic carbocycles. The molecule has 31 heavy (non-hydrogen) atoms. The maximum absolute atomic E-state index is 13.1. The van der Waals surface area contributed by atoms with Crippen LogP contribution in [0.25, 0.3) is 0 Å². The van der Waals surface area contributed by atoms with Crippen LogP contribution in [-0.2, 0) is 16.1 Å². The molecule has 0 aromatic heterocycles. The number of amides is 2. The number of carbonyl (C=O) groups excluding carboxylic acids is 2. The predicted molar refractivity (Wildman–Crippen MR) is 119 cm³/mol. The first kappa shape index (κ1) is 21.5. The normalized spacial score (nSPS) is 23.9. The van der Waals surface area contributed by atoms with E-state index in [1.54, 1.807) is 4.90 Å². The van der Waals surface area contributed by atoms with Crippen molar-refractivity contribution in [2.75, 3.05) is 37.7 Å². The van der Waals surface area contributed by atoms with Gasteiger partial charge in [-0.25, -0.2) is 4.90 Å². The smallest absolute Gasteiger partial charge is 0.292 e. The van der Waals surface area contributed by atoms with E-state index in [-0.39, 0.29) is 17.9 Å². The molecule has 0 unspecified atom stereocenters. The summed E-state index contributed by atoms with van der Waals surface area (Å²) in [5, 5.41) is 0. The molecule has 2 amide bonds. The highest BCUT2D eigenvalue weighted by Gasteiger charge is 2.46. The molecule has 6 nitrogen and oxygen atoms in total. The molecule has 0 aliphatic carbocycles. The number of piperazine rings is 1. The molecule has 6 heteroatoms. The third-order valence-corrected chi connectivity index (χ3v) is 6.40. The molecule has 2 N–H and O–H groups in total. The second-order valence-corrected chi connectivity index (χ2v) is 8.59. The van der Waals surface area contributed by atoms with Gasteiger partial charge in [0.2, 0.25) is 5.91 Å². The number of carbonyl (C=O) groups is 2. The summed E-state index contributed by atoms with van der Waals surface area (Å²) in [5.41, 5.74) is 1.99. The maximum atomic E-state index is 13.1. The molecule has 2 aliphatic rings. The fraction of sp³-hybridized carbons (Fsp3) is 0.440. The molecular formula is C25H33N3O3+2. The number of unbranched alkanes of at least 4 members (excludes halogenated alkanes) is 1. The van der Waals surface area contributed by atoms with Crippen molar-refractivity contribution in [1.29, 1.82) is 0 Å². The van der Waals surface area contributed by atoms with E-state index in [0.29, 0.717) is 18.7 Å². The minimum absolute atomic E-state index is 0.0637. The topological polar surface area (TPSA) is 55.5 Å². The van der Waals surface area contributed by atoms with Gasteiger partial charge in [0.05, 0.1) is 18.7 Å². The van der Waals surface area contributed by atoms with Crippen LogP contribution >= 0.6 is 0 Å². The number of nitrogens with one attached hydrogen (secondary N) is 2. The minimum Gasteiger partial charge on any atom is -0.494 e. The number of quaternary nitrogens is 2. The van der Waals surface area contributed by atoms with Gasteiger partial charge < -0.3 is 14.5 Å².